The second-order valence-electron chi connectivity index (χ2n) is 5.79. The summed E-state index contributed by atoms with van der Waals surface area (Å²) in [4.78, 5) is 9.72. The maximum atomic E-state index is 14.0. The van der Waals surface area contributed by atoms with Crippen LogP contribution >= 0.6 is 0 Å². The van der Waals surface area contributed by atoms with E-state index in [0.29, 0.717) is 12.8 Å². The lowest BCUT2D eigenvalue weighted by atomic mass is 9.87. The van der Waals surface area contributed by atoms with Crippen LogP contribution in [0.25, 0.3) is 0 Å². The highest BCUT2D eigenvalue weighted by molar-refractivity contribution is 6.06. The molecule has 0 amide bonds. The third kappa shape index (κ3) is 2.62. The van der Waals surface area contributed by atoms with Crippen LogP contribution in [0.2, 0.25) is 0 Å². The van der Waals surface area contributed by atoms with Gasteiger partial charge in [-0.05, 0) is 37.8 Å². The van der Waals surface area contributed by atoms with E-state index >= 15 is 0 Å². The third-order valence-corrected chi connectivity index (χ3v) is 4.34. The van der Waals surface area contributed by atoms with E-state index in [1.54, 1.807) is 0 Å². The van der Waals surface area contributed by atoms with E-state index in [1.165, 1.54) is 17.0 Å². The third-order valence-electron chi connectivity index (χ3n) is 4.34. The van der Waals surface area contributed by atoms with Gasteiger partial charge < -0.3 is 11.5 Å². The highest BCUT2D eigenvalue weighted by Gasteiger charge is 2.44. The Morgan fingerprint density at radius 2 is 1.83 bits per heavy atom. The van der Waals surface area contributed by atoms with Gasteiger partial charge in [-0.1, -0.05) is 12.5 Å². The van der Waals surface area contributed by atoms with Gasteiger partial charge in [0.25, 0.3) is 6.43 Å². The van der Waals surface area contributed by atoms with Crippen molar-refractivity contribution in [1.29, 1.82) is 0 Å². The highest BCUT2D eigenvalue weighted by Crippen LogP contribution is 2.42. The molecule has 124 valence electrons. The molecule has 4 N–H and O–H groups in total. The first-order valence-corrected chi connectivity index (χ1v) is 7.51. The van der Waals surface area contributed by atoms with Crippen molar-refractivity contribution in [2.45, 2.75) is 44.2 Å². The largest absolute Gasteiger partial charge is 0.369 e. The van der Waals surface area contributed by atoms with Crippen molar-refractivity contribution in [2.75, 3.05) is 4.90 Å². The van der Waals surface area contributed by atoms with E-state index in [2.05, 4.69) is 9.98 Å². The number of anilines is 1. The molecule has 0 bridgehead atoms. The van der Waals surface area contributed by atoms with E-state index in [4.69, 9.17) is 11.5 Å². The van der Waals surface area contributed by atoms with Crippen LogP contribution in [-0.2, 0) is 0 Å². The number of hydrogen-bond donors (Lipinski definition) is 2. The van der Waals surface area contributed by atoms with Crippen LogP contribution in [0.5, 0.6) is 0 Å². The molecule has 1 saturated carbocycles. The van der Waals surface area contributed by atoms with Gasteiger partial charge in [0.2, 0.25) is 11.9 Å². The summed E-state index contributed by atoms with van der Waals surface area (Å²) in [6.45, 7) is 0. The Morgan fingerprint density at radius 1 is 1.13 bits per heavy atom. The fraction of sp³-hybridized carbons (Fsp3) is 0.467. The van der Waals surface area contributed by atoms with E-state index < -0.39 is 23.5 Å². The van der Waals surface area contributed by atoms with Crippen molar-refractivity contribution in [3.8, 4) is 0 Å². The summed E-state index contributed by atoms with van der Waals surface area (Å²) < 4.78 is 40.8. The molecule has 1 aliphatic heterocycles. The summed E-state index contributed by atoms with van der Waals surface area (Å²) in [5.74, 6) is -0.985. The number of rotatable bonds is 2. The van der Waals surface area contributed by atoms with Crippen molar-refractivity contribution in [1.82, 2.24) is 0 Å². The minimum absolute atomic E-state index is 0.000556. The standard InChI is InChI=1S/C15H18F3N5/c16-9-5-4-6-10(11(9)12(17)18)23-14(20)21-13(19)22-15(23)7-2-1-3-8-15/h4-6,12H,1-3,7-8H2,(H4,19,20,21,22). The lowest BCUT2D eigenvalue weighted by Crippen LogP contribution is -2.58. The normalized spacial score (nSPS) is 20.6. The Kier molecular flexibility index (Phi) is 3.91. The van der Waals surface area contributed by atoms with Crippen LogP contribution in [0.4, 0.5) is 18.9 Å². The number of nitrogens with two attached hydrogens (primary N) is 2. The van der Waals surface area contributed by atoms with Gasteiger partial charge in [-0.3, -0.25) is 4.90 Å². The zero-order chi connectivity index (χ0) is 16.6. The fourth-order valence-corrected chi connectivity index (χ4v) is 3.41. The SMILES string of the molecule is NC1=NC2(CCCCC2)N(c2cccc(F)c2C(F)F)C(N)=N1. The quantitative estimate of drug-likeness (QED) is 0.877. The Hall–Kier alpha value is -2.25. The highest BCUT2D eigenvalue weighted by atomic mass is 19.3. The molecule has 1 spiro atoms. The summed E-state index contributed by atoms with van der Waals surface area (Å²) in [5.41, 5.74) is 10.1. The Morgan fingerprint density at radius 3 is 2.48 bits per heavy atom. The molecule has 1 aromatic carbocycles. The van der Waals surface area contributed by atoms with Crippen LogP contribution in [-0.4, -0.2) is 17.6 Å². The van der Waals surface area contributed by atoms with Crippen LogP contribution in [0, 0.1) is 5.82 Å². The van der Waals surface area contributed by atoms with Crippen molar-refractivity contribution in [3.63, 3.8) is 0 Å². The first-order chi connectivity index (χ1) is 10.9. The molecule has 1 aromatic rings. The van der Waals surface area contributed by atoms with E-state index in [9.17, 15) is 13.2 Å². The van der Waals surface area contributed by atoms with E-state index in [-0.39, 0.29) is 17.6 Å². The molecule has 0 saturated heterocycles. The van der Waals surface area contributed by atoms with Gasteiger partial charge in [-0.25, -0.2) is 18.2 Å². The molecule has 3 rings (SSSR count). The van der Waals surface area contributed by atoms with Gasteiger partial charge in [-0.15, -0.1) is 0 Å². The summed E-state index contributed by atoms with van der Waals surface area (Å²) in [6, 6.07) is 3.80. The summed E-state index contributed by atoms with van der Waals surface area (Å²) in [6.07, 6.45) is 0.974. The maximum Gasteiger partial charge on any atom is 0.268 e. The molecule has 1 aliphatic carbocycles. The fourth-order valence-electron chi connectivity index (χ4n) is 3.41. The number of benzene rings is 1. The number of alkyl halides is 2. The van der Waals surface area contributed by atoms with Crippen molar-refractivity contribution in [3.05, 3.63) is 29.6 Å². The van der Waals surface area contributed by atoms with Gasteiger partial charge in [0.1, 0.15) is 11.5 Å². The predicted octanol–water partition coefficient (Wildman–Crippen LogP) is 2.87. The minimum Gasteiger partial charge on any atom is -0.369 e. The van der Waals surface area contributed by atoms with Crippen LogP contribution in [0.1, 0.15) is 44.1 Å². The van der Waals surface area contributed by atoms with Crippen LogP contribution in [0.15, 0.2) is 28.2 Å². The zero-order valence-corrected chi connectivity index (χ0v) is 12.5. The van der Waals surface area contributed by atoms with E-state index in [0.717, 1.165) is 25.3 Å². The number of halogens is 3. The van der Waals surface area contributed by atoms with Gasteiger partial charge in [0.05, 0.1) is 11.3 Å². The zero-order valence-electron chi connectivity index (χ0n) is 12.5. The monoisotopic (exact) mass is 325 g/mol. The Balaban J connectivity index is 2.17. The molecule has 0 atom stereocenters. The molecule has 8 heteroatoms. The molecule has 0 aromatic heterocycles. The molecular formula is C15H18F3N5. The molecule has 2 aliphatic rings. The van der Waals surface area contributed by atoms with Gasteiger partial charge >= 0.3 is 0 Å². The van der Waals surface area contributed by atoms with Gasteiger partial charge in [0.15, 0.2) is 0 Å². The topological polar surface area (TPSA) is 80.0 Å². The lowest BCUT2D eigenvalue weighted by molar-refractivity contribution is 0.146. The van der Waals surface area contributed by atoms with Gasteiger partial charge in [0, 0.05) is 0 Å². The molecular weight excluding hydrogens is 307 g/mol. The number of guanidine groups is 2. The average molecular weight is 325 g/mol. The van der Waals surface area contributed by atoms with Crippen molar-refractivity contribution in [2.24, 2.45) is 21.5 Å². The first kappa shape index (κ1) is 15.6. The molecule has 0 radical (unpaired) electrons. The van der Waals surface area contributed by atoms with Crippen molar-refractivity contribution >= 4 is 17.6 Å². The average Bonchev–Trinajstić information content (AvgIpc) is 2.46. The van der Waals surface area contributed by atoms with Gasteiger partial charge in [-0.2, -0.15) is 4.99 Å². The molecule has 1 fully saturated rings. The minimum atomic E-state index is -2.97. The second kappa shape index (κ2) is 5.75. The second-order valence-corrected chi connectivity index (χ2v) is 5.79. The molecule has 0 unspecified atom stereocenters. The summed E-state index contributed by atoms with van der Waals surface area (Å²) in [5, 5.41) is 0. The van der Waals surface area contributed by atoms with Crippen molar-refractivity contribution < 1.29 is 13.2 Å². The summed E-state index contributed by atoms with van der Waals surface area (Å²) >= 11 is 0. The number of aliphatic imine (C=N–C) groups is 2. The molecule has 5 nitrogen and oxygen atoms in total. The maximum absolute atomic E-state index is 14.0. The summed E-state index contributed by atoms with van der Waals surface area (Å²) in [7, 11) is 0. The first-order valence-electron chi connectivity index (χ1n) is 7.51. The lowest BCUT2D eigenvalue weighted by Gasteiger charge is -2.46. The Bertz CT molecular complexity index is 665. The predicted molar refractivity (Wildman–Crippen MR) is 82.9 cm³/mol. The number of nitrogens with zero attached hydrogens (tertiary/aromatic N) is 3. The van der Waals surface area contributed by atoms with Crippen LogP contribution in [0.3, 0.4) is 0 Å². The smallest absolute Gasteiger partial charge is 0.268 e. The van der Waals surface area contributed by atoms with E-state index in [1.807, 2.05) is 0 Å². The molecule has 1 heterocycles. The number of hydrogen-bond acceptors (Lipinski definition) is 5. The Labute approximate surface area is 131 Å². The molecule has 23 heavy (non-hydrogen) atoms. The van der Waals surface area contributed by atoms with Crippen LogP contribution < -0.4 is 16.4 Å².